The number of ketones is 1. The third-order valence-electron chi connectivity index (χ3n) is 4.61. The van der Waals surface area contributed by atoms with E-state index in [-0.39, 0.29) is 27.8 Å². The maximum Gasteiger partial charge on any atom is 0.340 e. The minimum Gasteiger partial charge on any atom is -0.451 e. The zero-order valence-electron chi connectivity index (χ0n) is 15.3. The maximum absolute atomic E-state index is 12.9. The average molecular weight is 422 g/mol. The second-order valence-corrected chi connectivity index (χ2v) is 9.09. The molecule has 6 nitrogen and oxygen atoms in total. The highest BCUT2D eigenvalue weighted by molar-refractivity contribution is 7.89. The van der Waals surface area contributed by atoms with E-state index in [9.17, 15) is 18.0 Å². The van der Waals surface area contributed by atoms with Gasteiger partial charge in [0.2, 0.25) is 10.0 Å². The van der Waals surface area contributed by atoms with Crippen molar-refractivity contribution in [3.63, 3.8) is 0 Å². The molecule has 3 rings (SSSR count). The molecular formula is C20H20ClNO5S. The number of hydrogen-bond donors (Lipinski definition) is 0. The first kappa shape index (κ1) is 20.5. The van der Waals surface area contributed by atoms with Gasteiger partial charge in [0.25, 0.3) is 0 Å². The van der Waals surface area contributed by atoms with Crippen molar-refractivity contribution in [1.82, 2.24) is 4.31 Å². The van der Waals surface area contributed by atoms with E-state index in [0.717, 1.165) is 5.56 Å². The number of halogens is 1. The lowest BCUT2D eigenvalue weighted by atomic mass is 10.2. The largest absolute Gasteiger partial charge is 0.451 e. The van der Waals surface area contributed by atoms with Crippen LogP contribution in [-0.4, -0.2) is 37.6 Å². The standard InChI is InChI=1S/C20H20ClNO5S/c1-22(13-14-6-3-2-4-7-14)28(25,26)15-10-11-17(21)16(12-15)20(24)27-19-9-5-8-18(19)23/h2-4,6-7,10-12,19H,5,8-9,13H2,1H3/t19-/m0/s1. The first-order chi connectivity index (χ1) is 13.3. The van der Waals surface area contributed by atoms with Gasteiger partial charge in [-0.2, -0.15) is 4.31 Å². The molecule has 0 aromatic heterocycles. The van der Waals surface area contributed by atoms with E-state index in [1.807, 2.05) is 30.3 Å². The molecule has 1 aliphatic carbocycles. The highest BCUT2D eigenvalue weighted by atomic mass is 35.5. The lowest BCUT2D eigenvalue weighted by Crippen LogP contribution is -2.27. The molecule has 1 atom stereocenters. The summed E-state index contributed by atoms with van der Waals surface area (Å²) in [5.41, 5.74) is 0.762. The SMILES string of the molecule is CN(Cc1ccccc1)S(=O)(=O)c1ccc(Cl)c(C(=O)O[C@H]2CCCC2=O)c1. The number of carbonyl (C=O) groups excluding carboxylic acids is 2. The van der Waals surface area contributed by atoms with Gasteiger partial charge < -0.3 is 4.74 Å². The summed E-state index contributed by atoms with van der Waals surface area (Å²) >= 11 is 6.08. The van der Waals surface area contributed by atoms with Crippen molar-refractivity contribution in [2.75, 3.05) is 7.05 Å². The van der Waals surface area contributed by atoms with E-state index in [2.05, 4.69) is 0 Å². The van der Waals surface area contributed by atoms with Crippen molar-refractivity contribution in [1.29, 1.82) is 0 Å². The zero-order valence-corrected chi connectivity index (χ0v) is 16.9. The van der Waals surface area contributed by atoms with Gasteiger partial charge in [-0.3, -0.25) is 4.79 Å². The van der Waals surface area contributed by atoms with Crippen LogP contribution in [0, 0.1) is 0 Å². The van der Waals surface area contributed by atoms with Gasteiger partial charge in [0.05, 0.1) is 15.5 Å². The molecule has 8 heteroatoms. The number of carbonyl (C=O) groups is 2. The molecule has 2 aromatic carbocycles. The molecule has 148 valence electrons. The normalized spacial score (nSPS) is 17.1. The summed E-state index contributed by atoms with van der Waals surface area (Å²) in [6.45, 7) is 0.183. The van der Waals surface area contributed by atoms with E-state index in [4.69, 9.17) is 16.3 Å². The van der Waals surface area contributed by atoms with Gasteiger partial charge in [-0.25, -0.2) is 13.2 Å². The van der Waals surface area contributed by atoms with Crippen LogP contribution in [0.5, 0.6) is 0 Å². The van der Waals surface area contributed by atoms with Crippen LogP contribution in [0.2, 0.25) is 5.02 Å². The van der Waals surface area contributed by atoms with Crippen molar-refractivity contribution in [2.24, 2.45) is 0 Å². The van der Waals surface area contributed by atoms with Crippen LogP contribution in [-0.2, 0) is 26.1 Å². The van der Waals surface area contributed by atoms with Gasteiger partial charge in [-0.15, -0.1) is 0 Å². The second-order valence-electron chi connectivity index (χ2n) is 6.64. The Morgan fingerprint density at radius 3 is 2.57 bits per heavy atom. The molecule has 0 heterocycles. The van der Waals surface area contributed by atoms with Crippen molar-refractivity contribution < 1.29 is 22.7 Å². The molecule has 0 amide bonds. The number of benzene rings is 2. The third kappa shape index (κ3) is 4.43. The van der Waals surface area contributed by atoms with Crippen LogP contribution in [0.4, 0.5) is 0 Å². The van der Waals surface area contributed by atoms with Crippen LogP contribution in [0.1, 0.15) is 35.2 Å². The highest BCUT2D eigenvalue weighted by Gasteiger charge is 2.30. The monoisotopic (exact) mass is 421 g/mol. The van der Waals surface area contributed by atoms with Gasteiger partial charge in [-0.1, -0.05) is 41.9 Å². The summed E-state index contributed by atoms with van der Waals surface area (Å²) in [6, 6.07) is 13.1. The third-order valence-corrected chi connectivity index (χ3v) is 6.74. The minimum atomic E-state index is -3.85. The Morgan fingerprint density at radius 1 is 1.21 bits per heavy atom. The number of hydrogen-bond acceptors (Lipinski definition) is 5. The number of esters is 1. The molecule has 28 heavy (non-hydrogen) atoms. The van der Waals surface area contributed by atoms with Gasteiger partial charge in [0.15, 0.2) is 11.9 Å². The number of Topliss-reactive ketones (excluding diaryl/α,β-unsaturated/α-hetero) is 1. The van der Waals surface area contributed by atoms with Crippen LogP contribution in [0.25, 0.3) is 0 Å². The Bertz CT molecular complexity index is 991. The fraction of sp³-hybridized carbons (Fsp3) is 0.300. The Labute approximate surface area is 169 Å². The summed E-state index contributed by atoms with van der Waals surface area (Å²) in [7, 11) is -2.38. The molecule has 0 radical (unpaired) electrons. The van der Waals surface area contributed by atoms with E-state index in [0.29, 0.717) is 19.3 Å². The number of nitrogens with zero attached hydrogens (tertiary/aromatic N) is 1. The smallest absolute Gasteiger partial charge is 0.340 e. The summed E-state index contributed by atoms with van der Waals surface area (Å²) in [4.78, 5) is 24.1. The average Bonchev–Trinajstić information content (AvgIpc) is 3.07. The molecule has 0 saturated heterocycles. The molecule has 1 aliphatic rings. The Balaban J connectivity index is 1.83. The molecule has 0 spiro atoms. The Kier molecular flexibility index (Phi) is 6.17. The summed E-state index contributed by atoms with van der Waals surface area (Å²) in [5, 5.41) is 0.0695. The number of rotatable bonds is 6. The molecule has 1 saturated carbocycles. The quantitative estimate of drug-likeness (QED) is 0.667. The molecule has 1 fully saturated rings. The zero-order chi connectivity index (χ0) is 20.3. The molecule has 2 aromatic rings. The first-order valence-electron chi connectivity index (χ1n) is 8.82. The van der Waals surface area contributed by atoms with Gasteiger partial charge in [-0.05, 0) is 36.6 Å². The van der Waals surface area contributed by atoms with E-state index in [1.165, 1.54) is 29.6 Å². The van der Waals surface area contributed by atoms with Crippen LogP contribution in [0.15, 0.2) is 53.4 Å². The molecule has 0 N–H and O–H groups in total. The fourth-order valence-electron chi connectivity index (χ4n) is 3.03. The topological polar surface area (TPSA) is 80.8 Å². The highest BCUT2D eigenvalue weighted by Crippen LogP contribution is 2.26. The Hall–Kier alpha value is -2.22. The van der Waals surface area contributed by atoms with Crippen molar-refractivity contribution in [3.05, 3.63) is 64.7 Å². The summed E-state index contributed by atoms with van der Waals surface area (Å²) in [6.07, 6.45) is 0.734. The van der Waals surface area contributed by atoms with Gasteiger partial charge in [0.1, 0.15) is 0 Å². The van der Waals surface area contributed by atoms with Crippen LogP contribution >= 0.6 is 11.6 Å². The molecule has 0 unspecified atom stereocenters. The minimum absolute atomic E-state index is 0.0694. The number of ether oxygens (including phenoxy) is 1. The van der Waals surface area contributed by atoms with Crippen LogP contribution in [0.3, 0.4) is 0 Å². The first-order valence-corrected chi connectivity index (χ1v) is 10.6. The molecular weight excluding hydrogens is 402 g/mol. The van der Waals surface area contributed by atoms with E-state index >= 15 is 0 Å². The Morgan fingerprint density at radius 2 is 1.93 bits per heavy atom. The van der Waals surface area contributed by atoms with Gasteiger partial charge in [0, 0.05) is 20.0 Å². The lowest BCUT2D eigenvalue weighted by molar-refractivity contribution is -0.124. The molecule has 0 aliphatic heterocycles. The maximum atomic E-state index is 12.9. The van der Waals surface area contributed by atoms with Crippen molar-refractivity contribution in [3.8, 4) is 0 Å². The fourth-order valence-corrected chi connectivity index (χ4v) is 4.41. The second kappa shape index (κ2) is 8.43. The summed E-state index contributed by atoms with van der Waals surface area (Å²) in [5.74, 6) is -0.927. The summed E-state index contributed by atoms with van der Waals surface area (Å²) < 4.78 is 32.2. The molecule has 0 bridgehead atoms. The lowest BCUT2D eigenvalue weighted by Gasteiger charge is -2.18. The van der Waals surface area contributed by atoms with Crippen molar-refractivity contribution >= 4 is 33.4 Å². The van der Waals surface area contributed by atoms with E-state index in [1.54, 1.807) is 0 Å². The predicted octanol–water partition coefficient (Wildman–Crippen LogP) is 3.44. The number of sulfonamides is 1. The van der Waals surface area contributed by atoms with Gasteiger partial charge >= 0.3 is 5.97 Å². The van der Waals surface area contributed by atoms with Crippen LogP contribution < -0.4 is 0 Å². The predicted molar refractivity (Wildman–Crippen MR) is 105 cm³/mol. The van der Waals surface area contributed by atoms with Crippen molar-refractivity contribution in [2.45, 2.75) is 36.8 Å². The van der Waals surface area contributed by atoms with E-state index < -0.39 is 22.1 Å².